The van der Waals surface area contributed by atoms with Crippen LogP contribution < -0.4 is 10.5 Å². The molecule has 0 spiro atoms. The molecule has 3 heteroatoms. The van der Waals surface area contributed by atoms with Crippen molar-refractivity contribution >= 4 is 15.9 Å². The molecule has 0 aliphatic carbocycles. The van der Waals surface area contributed by atoms with E-state index in [1.165, 1.54) is 5.56 Å². The van der Waals surface area contributed by atoms with Gasteiger partial charge in [-0.2, -0.15) is 0 Å². The number of rotatable bonds is 3. The summed E-state index contributed by atoms with van der Waals surface area (Å²) in [5, 5.41) is 0. The molecule has 0 bridgehead atoms. The average molecular weight is 258 g/mol. The number of hydrogen-bond acceptors (Lipinski definition) is 2. The second-order valence-corrected chi connectivity index (χ2v) is 4.25. The van der Waals surface area contributed by atoms with Gasteiger partial charge in [0.2, 0.25) is 0 Å². The van der Waals surface area contributed by atoms with Crippen molar-refractivity contribution < 1.29 is 4.74 Å². The van der Waals surface area contributed by atoms with Crippen molar-refractivity contribution in [2.75, 3.05) is 13.7 Å². The van der Waals surface area contributed by atoms with E-state index in [1.807, 2.05) is 6.92 Å². The van der Waals surface area contributed by atoms with Gasteiger partial charge in [-0.15, -0.1) is 0 Å². The van der Waals surface area contributed by atoms with Crippen LogP contribution in [-0.4, -0.2) is 13.7 Å². The van der Waals surface area contributed by atoms with Gasteiger partial charge in [-0.1, -0.05) is 19.1 Å². The van der Waals surface area contributed by atoms with E-state index in [9.17, 15) is 0 Å². The fourth-order valence-corrected chi connectivity index (χ4v) is 1.91. The van der Waals surface area contributed by atoms with Crippen LogP contribution in [0, 0.1) is 6.92 Å². The Kier molecular flexibility index (Phi) is 3.96. The number of methoxy groups -OCH3 is 1. The molecule has 0 aliphatic heterocycles. The van der Waals surface area contributed by atoms with Gasteiger partial charge >= 0.3 is 0 Å². The van der Waals surface area contributed by atoms with E-state index < -0.39 is 0 Å². The molecular weight excluding hydrogens is 242 g/mol. The normalized spacial score (nSPS) is 12.6. The predicted molar refractivity (Wildman–Crippen MR) is 62.9 cm³/mol. The number of aryl methyl sites for hydroxylation is 1. The maximum atomic E-state index is 5.64. The summed E-state index contributed by atoms with van der Waals surface area (Å²) in [6, 6.07) is 4.16. The molecule has 0 saturated carbocycles. The Morgan fingerprint density at radius 3 is 2.64 bits per heavy atom. The molecule has 0 amide bonds. The number of hydrogen-bond donors (Lipinski definition) is 1. The third-order valence-electron chi connectivity index (χ3n) is 2.41. The van der Waals surface area contributed by atoms with E-state index in [0.29, 0.717) is 12.5 Å². The summed E-state index contributed by atoms with van der Waals surface area (Å²) in [5.41, 5.74) is 7.98. The highest BCUT2D eigenvalue weighted by Crippen LogP contribution is 2.35. The van der Waals surface area contributed by atoms with E-state index in [-0.39, 0.29) is 0 Å². The summed E-state index contributed by atoms with van der Waals surface area (Å²) >= 11 is 3.52. The first-order valence-electron chi connectivity index (χ1n) is 4.64. The van der Waals surface area contributed by atoms with E-state index in [2.05, 4.69) is 35.0 Å². The average Bonchev–Trinajstić information content (AvgIpc) is 2.20. The largest absolute Gasteiger partial charge is 0.495 e. The summed E-state index contributed by atoms with van der Waals surface area (Å²) in [6.45, 7) is 4.77. The van der Waals surface area contributed by atoms with Crippen LogP contribution in [-0.2, 0) is 0 Å². The Bertz CT molecular complexity index is 325. The smallest absolute Gasteiger partial charge is 0.136 e. The molecule has 0 heterocycles. The summed E-state index contributed by atoms with van der Waals surface area (Å²) in [6.07, 6.45) is 0. The van der Waals surface area contributed by atoms with Gasteiger partial charge in [0.1, 0.15) is 5.75 Å². The Balaban J connectivity index is 3.23. The topological polar surface area (TPSA) is 35.2 Å². The molecule has 0 aromatic heterocycles. The van der Waals surface area contributed by atoms with Gasteiger partial charge in [0.15, 0.2) is 0 Å². The standard InChI is InChI=1S/C11H16BrNO/c1-7-4-5-9(8(2)6-13)11(14-3)10(7)12/h4-5,8H,6,13H2,1-3H3. The molecule has 1 atom stereocenters. The fourth-order valence-electron chi connectivity index (χ4n) is 1.39. The fraction of sp³-hybridized carbons (Fsp3) is 0.455. The minimum absolute atomic E-state index is 0.321. The quantitative estimate of drug-likeness (QED) is 0.904. The van der Waals surface area contributed by atoms with Crippen molar-refractivity contribution in [2.45, 2.75) is 19.8 Å². The maximum absolute atomic E-state index is 5.64. The molecule has 1 rings (SSSR count). The zero-order valence-corrected chi connectivity index (χ0v) is 10.4. The highest BCUT2D eigenvalue weighted by molar-refractivity contribution is 9.10. The number of nitrogens with two attached hydrogens (primary N) is 1. The summed E-state index contributed by atoms with van der Waals surface area (Å²) in [4.78, 5) is 0. The van der Waals surface area contributed by atoms with Gasteiger partial charge in [-0.05, 0) is 46.4 Å². The Labute approximate surface area is 93.6 Å². The molecular formula is C11H16BrNO. The highest BCUT2D eigenvalue weighted by Gasteiger charge is 2.13. The van der Waals surface area contributed by atoms with E-state index >= 15 is 0 Å². The van der Waals surface area contributed by atoms with Crippen LogP contribution in [0.5, 0.6) is 5.75 Å². The molecule has 1 aromatic carbocycles. The third-order valence-corrected chi connectivity index (χ3v) is 3.39. The summed E-state index contributed by atoms with van der Waals surface area (Å²) in [5.74, 6) is 1.23. The lowest BCUT2D eigenvalue weighted by atomic mass is 9.99. The lowest BCUT2D eigenvalue weighted by molar-refractivity contribution is 0.403. The van der Waals surface area contributed by atoms with E-state index in [0.717, 1.165) is 15.8 Å². The Morgan fingerprint density at radius 1 is 1.50 bits per heavy atom. The molecule has 78 valence electrons. The minimum atomic E-state index is 0.321. The van der Waals surface area contributed by atoms with E-state index in [4.69, 9.17) is 10.5 Å². The Morgan fingerprint density at radius 2 is 2.14 bits per heavy atom. The molecule has 0 saturated heterocycles. The van der Waals surface area contributed by atoms with Crippen LogP contribution in [0.3, 0.4) is 0 Å². The Hall–Kier alpha value is -0.540. The highest BCUT2D eigenvalue weighted by atomic mass is 79.9. The molecule has 0 radical (unpaired) electrons. The number of halogens is 1. The van der Waals surface area contributed by atoms with Crippen LogP contribution in [0.25, 0.3) is 0 Å². The second-order valence-electron chi connectivity index (χ2n) is 3.46. The molecule has 1 unspecified atom stereocenters. The van der Waals surface area contributed by atoms with Gasteiger partial charge in [0, 0.05) is 0 Å². The first-order valence-corrected chi connectivity index (χ1v) is 5.44. The lowest BCUT2D eigenvalue weighted by Crippen LogP contribution is -2.10. The SMILES string of the molecule is COc1c(C(C)CN)ccc(C)c1Br. The van der Waals surface area contributed by atoms with Crippen molar-refractivity contribution in [3.8, 4) is 5.75 Å². The van der Waals surface area contributed by atoms with Gasteiger partial charge < -0.3 is 10.5 Å². The van der Waals surface area contributed by atoms with Gasteiger partial charge in [0.05, 0.1) is 11.6 Å². The van der Waals surface area contributed by atoms with Gasteiger partial charge in [-0.3, -0.25) is 0 Å². The zero-order valence-electron chi connectivity index (χ0n) is 8.80. The third kappa shape index (κ3) is 2.10. The minimum Gasteiger partial charge on any atom is -0.495 e. The molecule has 0 fully saturated rings. The first-order chi connectivity index (χ1) is 6.61. The first kappa shape index (κ1) is 11.5. The summed E-state index contributed by atoms with van der Waals surface area (Å²) in [7, 11) is 1.69. The van der Waals surface area contributed by atoms with Crippen LogP contribution in [0.2, 0.25) is 0 Å². The van der Waals surface area contributed by atoms with Gasteiger partial charge in [-0.25, -0.2) is 0 Å². The molecule has 2 N–H and O–H groups in total. The maximum Gasteiger partial charge on any atom is 0.136 e. The van der Waals surface area contributed by atoms with Crippen molar-refractivity contribution in [2.24, 2.45) is 5.73 Å². The number of ether oxygens (including phenoxy) is 1. The van der Waals surface area contributed by atoms with Gasteiger partial charge in [0.25, 0.3) is 0 Å². The van der Waals surface area contributed by atoms with Crippen molar-refractivity contribution in [1.82, 2.24) is 0 Å². The molecule has 2 nitrogen and oxygen atoms in total. The van der Waals surface area contributed by atoms with Crippen LogP contribution in [0.15, 0.2) is 16.6 Å². The molecule has 14 heavy (non-hydrogen) atoms. The number of benzene rings is 1. The van der Waals surface area contributed by atoms with Crippen molar-refractivity contribution in [1.29, 1.82) is 0 Å². The second kappa shape index (κ2) is 4.80. The molecule has 1 aromatic rings. The molecule has 0 aliphatic rings. The van der Waals surface area contributed by atoms with Crippen molar-refractivity contribution in [3.05, 3.63) is 27.7 Å². The monoisotopic (exact) mass is 257 g/mol. The lowest BCUT2D eigenvalue weighted by Gasteiger charge is -2.16. The van der Waals surface area contributed by atoms with Crippen LogP contribution in [0.1, 0.15) is 24.0 Å². The zero-order chi connectivity index (χ0) is 10.7. The van der Waals surface area contributed by atoms with Crippen LogP contribution in [0.4, 0.5) is 0 Å². The summed E-state index contributed by atoms with van der Waals surface area (Å²) < 4.78 is 6.40. The predicted octanol–water partition coefficient (Wildman–Crippen LogP) is 2.83. The van der Waals surface area contributed by atoms with E-state index in [1.54, 1.807) is 7.11 Å². The van der Waals surface area contributed by atoms with Crippen LogP contribution >= 0.6 is 15.9 Å². The van der Waals surface area contributed by atoms with Crippen molar-refractivity contribution in [3.63, 3.8) is 0 Å².